The van der Waals surface area contributed by atoms with E-state index < -0.39 is 11.7 Å². The minimum atomic E-state index is -0.511. The number of nitrogens with one attached hydrogen (secondary N) is 1. The summed E-state index contributed by atoms with van der Waals surface area (Å²) in [5.74, 6) is -1.20. The first-order valence-electron chi connectivity index (χ1n) is 7.70. The van der Waals surface area contributed by atoms with Gasteiger partial charge >= 0.3 is 0 Å². The van der Waals surface area contributed by atoms with Gasteiger partial charge in [-0.15, -0.1) is 0 Å². The summed E-state index contributed by atoms with van der Waals surface area (Å²) in [6.07, 6.45) is 0. The fraction of sp³-hybridized carbons (Fsp3) is 0.263. The quantitative estimate of drug-likeness (QED) is 0.929. The molecule has 0 aliphatic carbocycles. The van der Waals surface area contributed by atoms with Gasteiger partial charge in [-0.1, -0.05) is 29.8 Å². The molecule has 0 aliphatic rings. The van der Waals surface area contributed by atoms with E-state index in [9.17, 15) is 14.0 Å². The molecule has 0 aromatic heterocycles. The van der Waals surface area contributed by atoms with Crippen LogP contribution in [-0.4, -0.2) is 18.4 Å². The monoisotopic (exact) mass is 328 g/mol. The van der Waals surface area contributed by atoms with Crippen LogP contribution in [0.3, 0.4) is 0 Å². The summed E-state index contributed by atoms with van der Waals surface area (Å²) in [5, 5.41) is 2.51. The highest BCUT2D eigenvalue weighted by Gasteiger charge is 2.20. The number of amides is 2. The number of anilines is 2. The Bertz CT molecular complexity index is 764. The van der Waals surface area contributed by atoms with Crippen molar-refractivity contribution < 1.29 is 14.0 Å². The van der Waals surface area contributed by atoms with Crippen molar-refractivity contribution in [2.45, 2.75) is 27.7 Å². The lowest BCUT2D eigenvalue weighted by Crippen LogP contribution is -2.37. The van der Waals surface area contributed by atoms with E-state index in [0.717, 1.165) is 22.4 Å². The van der Waals surface area contributed by atoms with Crippen LogP contribution in [0.15, 0.2) is 36.4 Å². The molecule has 0 heterocycles. The van der Waals surface area contributed by atoms with Gasteiger partial charge in [-0.25, -0.2) is 4.39 Å². The van der Waals surface area contributed by atoms with E-state index in [2.05, 4.69) is 5.32 Å². The largest absolute Gasteiger partial charge is 0.322 e. The molecule has 2 aromatic carbocycles. The van der Waals surface area contributed by atoms with Gasteiger partial charge in [0.05, 0.1) is 11.4 Å². The Kier molecular flexibility index (Phi) is 5.34. The fourth-order valence-corrected chi connectivity index (χ4v) is 2.84. The Hall–Kier alpha value is -2.69. The van der Waals surface area contributed by atoms with E-state index in [-0.39, 0.29) is 18.1 Å². The molecule has 0 atom stereocenters. The lowest BCUT2D eigenvalue weighted by molar-refractivity contribution is -0.120. The van der Waals surface area contributed by atoms with E-state index in [4.69, 9.17) is 0 Å². The first-order valence-corrected chi connectivity index (χ1v) is 7.70. The van der Waals surface area contributed by atoms with Gasteiger partial charge in [0.2, 0.25) is 11.8 Å². The van der Waals surface area contributed by atoms with E-state index in [1.54, 1.807) is 12.1 Å². The number of carbonyl (C=O) groups is 2. The molecule has 5 heteroatoms. The number of halogens is 1. The maximum Gasteiger partial charge on any atom is 0.244 e. The molecule has 2 rings (SSSR count). The summed E-state index contributed by atoms with van der Waals surface area (Å²) in [6.45, 7) is 7.02. The molecule has 0 saturated carbocycles. The number of benzene rings is 2. The Morgan fingerprint density at radius 2 is 1.67 bits per heavy atom. The van der Waals surface area contributed by atoms with Crippen LogP contribution in [0.2, 0.25) is 0 Å². The maximum atomic E-state index is 13.6. The van der Waals surface area contributed by atoms with Gasteiger partial charge in [0.1, 0.15) is 12.4 Å². The topological polar surface area (TPSA) is 49.4 Å². The van der Waals surface area contributed by atoms with E-state index in [1.165, 1.54) is 24.0 Å². The molecule has 1 N–H and O–H groups in total. The van der Waals surface area contributed by atoms with Crippen molar-refractivity contribution in [2.24, 2.45) is 0 Å². The molecule has 4 nitrogen and oxygen atoms in total. The van der Waals surface area contributed by atoms with Crippen molar-refractivity contribution in [3.8, 4) is 0 Å². The van der Waals surface area contributed by atoms with Gasteiger partial charge in [0, 0.05) is 6.92 Å². The lowest BCUT2D eigenvalue weighted by Gasteiger charge is -2.25. The van der Waals surface area contributed by atoms with Crippen LogP contribution in [0.1, 0.15) is 23.6 Å². The zero-order valence-electron chi connectivity index (χ0n) is 14.3. The van der Waals surface area contributed by atoms with Gasteiger partial charge in [0.15, 0.2) is 0 Å². The third-order valence-corrected chi connectivity index (χ3v) is 3.74. The molecule has 2 amide bonds. The van der Waals surface area contributed by atoms with Gasteiger partial charge in [-0.2, -0.15) is 0 Å². The highest BCUT2D eigenvalue weighted by atomic mass is 19.1. The first kappa shape index (κ1) is 17.7. The summed E-state index contributed by atoms with van der Waals surface area (Å²) in [7, 11) is 0. The number of aryl methyl sites for hydroxylation is 3. The Morgan fingerprint density at radius 1 is 1.08 bits per heavy atom. The predicted molar refractivity (Wildman–Crippen MR) is 93.7 cm³/mol. The van der Waals surface area contributed by atoms with Crippen LogP contribution < -0.4 is 10.2 Å². The number of hydrogen-bond acceptors (Lipinski definition) is 2. The minimum Gasteiger partial charge on any atom is -0.322 e. The average Bonchev–Trinajstić information content (AvgIpc) is 2.47. The third-order valence-electron chi connectivity index (χ3n) is 3.74. The number of rotatable bonds is 4. The molecular weight excluding hydrogens is 307 g/mol. The molecule has 126 valence electrons. The predicted octanol–water partition coefficient (Wildman–Crippen LogP) is 3.74. The zero-order chi connectivity index (χ0) is 17.9. The summed E-state index contributed by atoms with van der Waals surface area (Å²) in [5.41, 5.74) is 3.75. The second kappa shape index (κ2) is 7.25. The molecule has 0 aliphatic heterocycles. The maximum absolute atomic E-state index is 13.6. The molecule has 0 bridgehead atoms. The van der Waals surface area contributed by atoms with Crippen LogP contribution in [0.25, 0.3) is 0 Å². The van der Waals surface area contributed by atoms with Crippen molar-refractivity contribution >= 4 is 23.2 Å². The van der Waals surface area contributed by atoms with E-state index in [1.807, 2.05) is 32.9 Å². The van der Waals surface area contributed by atoms with Gasteiger partial charge in [-0.3, -0.25) is 9.59 Å². The summed E-state index contributed by atoms with van der Waals surface area (Å²) < 4.78 is 13.6. The molecule has 0 radical (unpaired) electrons. The Morgan fingerprint density at radius 3 is 2.21 bits per heavy atom. The Balaban J connectivity index is 2.25. The van der Waals surface area contributed by atoms with E-state index >= 15 is 0 Å². The molecule has 0 fully saturated rings. The second-order valence-corrected chi connectivity index (χ2v) is 5.88. The number of nitrogens with zero attached hydrogens (tertiary/aromatic N) is 1. The minimum absolute atomic E-state index is 0.100. The van der Waals surface area contributed by atoms with Gasteiger partial charge in [-0.05, 0) is 44.0 Å². The first-order chi connectivity index (χ1) is 11.3. The van der Waals surface area contributed by atoms with Crippen LogP contribution in [-0.2, 0) is 9.59 Å². The molecule has 2 aromatic rings. The smallest absolute Gasteiger partial charge is 0.244 e. The Labute approximate surface area is 141 Å². The summed E-state index contributed by atoms with van der Waals surface area (Å²) in [6, 6.07) is 9.86. The zero-order valence-corrected chi connectivity index (χ0v) is 14.3. The van der Waals surface area contributed by atoms with Crippen molar-refractivity contribution in [1.29, 1.82) is 0 Å². The van der Waals surface area contributed by atoms with Crippen molar-refractivity contribution in [2.75, 3.05) is 16.8 Å². The summed E-state index contributed by atoms with van der Waals surface area (Å²) >= 11 is 0. The van der Waals surface area contributed by atoms with Crippen molar-refractivity contribution in [3.63, 3.8) is 0 Å². The SMILES string of the molecule is CC(=O)N(CC(=O)Nc1ccccc1F)c1c(C)cc(C)cc1C. The van der Waals surface area contributed by atoms with Crippen LogP contribution in [0, 0.1) is 26.6 Å². The number of hydrogen-bond donors (Lipinski definition) is 1. The van der Waals surface area contributed by atoms with Gasteiger partial charge in [0.25, 0.3) is 0 Å². The van der Waals surface area contributed by atoms with Crippen LogP contribution in [0.5, 0.6) is 0 Å². The highest BCUT2D eigenvalue weighted by Crippen LogP contribution is 2.26. The van der Waals surface area contributed by atoms with Gasteiger partial charge < -0.3 is 10.2 Å². The summed E-state index contributed by atoms with van der Waals surface area (Å²) in [4.78, 5) is 25.7. The highest BCUT2D eigenvalue weighted by molar-refractivity contribution is 6.02. The van der Waals surface area contributed by atoms with Crippen molar-refractivity contribution in [3.05, 3.63) is 58.9 Å². The lowest BCUT2D eigenvalue weighted by atomic mass is 10.0. The van der Waals surface area contributed by atoms with E-state index in [0.29, 0.717) is 0 Å². The molecule has 0 spiro atoms. The normalized spacial score (nSPS) is 10.4. The standard InChI is InChI=1S/C19H21FN2O2/c1-12-9-13(2)19(14(3)10-12)22(15(4)23)11-18(24)21-17-8-6-5-7-16(17)20/h5-10H,11H2,1-4H3,(H,21,24). The number of para-hydroxylation sites is 1. The van der Waals surface area contributed by atoms with Crippen LogP contribution >= 0.6 is 0 Å². The molecule has 0 saturated heterocycles. The van der Waals surface area contributed by atoms with Crippen molar-refractivity contribution in [1.82, 2.24) is 0 Å². The number of carbonyl (C=O) groups excluding carboxylic acids is 2. The molecular formula is C19H21FN2O2. The average molecular weight is 328 g/mol. The fourth-order valence-electron chi connectivity index (χ4n) is 2.84. The molecule has 0 unspecified atom stereocenters. The third kappa shape index (κ3) is 3.98. The molecule has 24 heavy (non-hydrogen) atoms. The second-order valence-electron chi connectivity index (χ2n) is 5.88. The van der Waals surface area contributed by atoms with Crippen LogP contribution in [0.4, 0.5) is 15.8 Å².